The molecule has 3 heteroatoms. The largest absolute Gasteiger partial charge is 0.396 e. The third-order valence-electron chi connectivity index (χ3n) is 2.28. The highest BCUT2D eigenvalue weighted by atomic mass is 19.1. The predicted octanol–water partition coefficient (Wildman–Crippen LogP) is 1.81. The van der Waals surface area contributed by atoms with Gasteiger partial charge in [0, 0.05) is 12.2 Å². The Bertz CT molecular complexity index is 297. The van der Waals surface area contributed by atoms with Gasteiger partial charge in [-0.05, 0) is 25.8 Å². The van der Waals surface area contributed by atoms with Gasteiger partial charge in [0.2, 0.25) is 0 Å². The van der Waals surface area contributed by atoms with Crippen molar-refractivity contribution in [2.75, 3.05) is 6.61 Å². The lowest BCUT2D eigenvalue weighted by molar-refractivity contribution is 0.0368. The Morgan fingerprint density at radius 1 is 1.36 bits per heavy atom. The molecule has 78 valence electrons. The summed E-state index contributed by atoms with van der Waals surface area (Å²) in [7, 11) is 0. The van der Waals surface area contributed by atoms with Crippen molar-refractivity contribution in [3.63, 3.8) is 0 Å². The number of halogens is 1. The highest BCUT2D eigenvalue weighted by Gasteiger charge is 2.25. The first-order valence-electron chi connectivity index (χ1n) is 4.66. The van der Waals surface area contributed by atoms with E-state index in [-0.39, 0.29) is 12.2 Å². The average Bonchev–Trinajstić information content (AvgIpc) is 2.15. The molecule has 0 aliphatic rings. The molecular formula is C11H15FO2. The van der Waals surface area contributed by atoms with Gasteiger partial charge in [-0.15, -0.1) is 0 Å². The lowest BCUT2D eigenvalue weighted by Gasteiger charge is -2.23. The van der Waals surface area contributed by atoms with E-state index >= 15 is 0 Å². The maximum Gasteiger partial charge on any atom is 0.129 e. The zero-order chi connectivity index (χ0) is 10.6. The quantitative estimate of drug-likeness (QED) is 0.774. The Morgan fingerprint density at radius 2 is 2.00 bits per heavy atom. The van der Waals surface area contributed by atoms with E-state index in [0.717, 1.165) is 0 Å². The summed E-state index contributed by atoms with van der Waals surface area (Å²) in [5.74, 6) is -0.407. The van der Waals surface area contributed by atoms with E-state index in [0.29, 0.717) is 12.8 Å². The van der Waals surface area contributed by atoms with Gasteiger partial charge in [0.25, 0.3) is 0 Å². The van der Waals surface area contributed by atoms with E-state index in [1.807, 2.05) is 0 Å². The monoisotopic (exact) mass is 198 g/mol. The van der Waals surface area contributed by atoms with Gasteiger partial charge < -0.3 is 10.2 Å². The fourth-order valence-corrected chi connectivity index (χ4v) is 1.46. The van der Waals surface area contributed by atoms with Crippen LogP contribution < -0.4 is 0 Å². The topological polar surface area (TPSA) is 40.5 Å². The standard InChI is InChI=1S/C11H15FO2/c1-11(14,7-4-8-13)9-5-2-3-6-10(9)12/h2-3,5-6,13-14H,4,7-8H2,1H3. The van der Waals surface area contributed by atoms with Crippen LogP contribution in [0.3, 0.4) is 0 Å². The summed E-state index contributed by atoms with van der Waals surface area (Å²) in [6.45, 7) is 1.56. The molecule has 2 N–H and O–H groups in total. The summed E-state index contributed by atoms with van der Waals surface area (Å²) < 4.78 is 13.3. The Morgan fingerprint density at radius 3 is 2.57 bits per heavy atom. The zero-order valence-electron chi connectivity index (χ0n) is 8.20. The van der Waals surface area contributed by atoms with Gasteiger partial charge in [-0.2, -0.15) is 0 Å². The van der Waals surface area contributed by atoms with Crippen LogP contribution in [0.4, 0.5) is 4.39 Å². The van der Waals surface area contributed by atoms with Crippen LogP contribution in [0.25, 0.3) is 0 Å². The van der Waals surface area contributed by atoms with Gasteiger partial charge in [-0.1, -0.05) is 18.2 Å². The minimum absolute atomic E-state index is 0.00457. The van der Waals surface area contributed by atoms with E-state index in [1.54, 1.807) is 25.1 Å². The summed E-state index contributed by atoms with van der Waals surface area (Å²) in [6, 6.07) is 6.16. The normalized spacial score (nSPS) is 15.1. The Kier molecular flexibility index (Phi) is 3.61. The minimum Gasteiger partial charge on any atom is -0.396 e. The van der Waals surface area contributed by atoms with Crippen LogP contribution in [0, 0.1) is 5.82 Å². The van der Waals surface area contributed by atoms with Crippen molar-refractivity contribution in [1.82, 2.24) is 0 Å². The van der Waals surface area contributed by atoms with Gasteiger partial charge in [0.1, 0.15) is 5.82 Å². The number of rotatable bonds is 4. The summed E-state index contributed by atoms with van der Waals surface area (Å²) in [4.78, 5) is 0. The van der Waals surface area contributed by atoms with Crippen molar-refractivity contribution in [3.05, 3.63) is 35.6 Å². The average molecular weight is 198 g/mol. The number of hydrogen-bond acceptors (Lipinski definition) is 2. The predicted molar refractivity (Wildman–Crippen MR) is 52.3 cm³/mol. The summed E-state index contributed by atoms with van der Waals surface area (Å²) in [6.07, 6.45) is 0.811. The lowest BCUT2D eigenvalue weighted by atomic mass is 9.91. The summed E-state index contributed by atoms with van der Waals surface area (Å²) >= 11 is 0. The third-order valence-corrected chi connectivity index (χ3v) is 2.28. The van der Waals surface area contributed by atoms with E-state index < -0.39 is 11.4 Å². The second-order valence-corrected chi connectivity index (χ2v) is 3.58. The van der Waals surface area contributed by atoms with Crippen molar-refractivity contribution in [1.29, 1.82) is 0 Å². The molecule has 1 unspecified atom stereocenters. The fourth-order valence-electron chi connectivity index (χ4n) is 1.46. The zero-order valence-corrected chi connectivity index (χ0v) is 8.20. The Labute approximate surface area is 83.0 Å². The molecule has 0 aromatic heterocycles. The molecule has 1 aromatic rings. The van der Waals surface area contributed by atoms with Gasteiger partial charge in [-0.25, -0.2) is 4.39 Å². The van der Waals surface area contributed by atoms with Crippen LogP contribution in [-0.4, -0.2) is 16.8 Å². The SMILES string of the molecule is CC(O)(CCCO)c1ccccc1F. The Hall–Kier alpha value is -0.930. The van der Waals surface area contributed by atoms with Crippen molar-refractivity contribution in [3.8, 4) is 0 Å². The molecule has 0 spiro atoms. The first kappa shape index (κ1) is 11.1. The van der Waals surface area contributed by atoms with Crippen LogP contribution in [0.1, 0.15) is 25.3 Å². The minimum atomic E-state index is -1.20. The number of benzene rings is 1. The van der Waals surface area contributed by atoms with Gasteiger partial charge in [0.05, 0.1) is 5.60 Å². The molecule has 0 aliphatic heterocycles. The molecule has 2 nitrogen and oxygen atoms in total. The number of hydrogen-bond donors (Lipinski definition) is 2. The van der Waals surface area contributed by atoms with E-state index in [9.17, 15) is 9.50 Å². The summed E-state index contributed by atoms with van der Waals surface area (Å²) in [5.41, 5.74) is -0.915. The molecular weight excluding hydrogens is 183 g/mol. The van der Waals surface area contributed by atoms with Gasteiger partial charge >= 0.3 is 0 Å². The number of aliphatic hydroxyl groups is 2. The van der Waals surface area contributed by atoms with Crippen LogP contribution in [0.5, 0.6) is 0 Å². The first-order valence-corrected chi connectivity index (χ1v) is 4.66. The van der Waals surface area contributed by atoms with Crippen molar-refractivity contribution >= 4 is 0 Å². The van der Waals surface area contributed by atoms with Crippen molar-refractivity contribution in [2.45, 2.75) is 25.4 Å². The maximum absolute atomic E-state index is 13.3. The first-order chi connectivity index (χ1) is 6.58. The molecule has 0 aliphatic carbocycles. The molecule has 0 amide bonds. The van der Waals surface area contributed by atoms with Crippen LogP contribution in [0.15, 0.2) is 24.3 Å². The molecule has 1 aromatic carbocycles. The molecule has 1 rings (SSSR count). The second-order valence-electron chi connectivity index (χ2n) is 3.58. The highest BCUT2D eigenvalue weighted by molar-refractivity contribution is 5.23. The molecule has 14 heavy (non-hydrogen) atoms. The van der Waals surface area contributed by atoms with Gasteiger partial charge in [0.15, 0.2) is 0 Å². The number of aliphatic hydroxyl groups excluding tert-OH is 1. The molecule has 0 heterocycles. The third kappa shape index (κ3) is 2.53. The molecule has 0 fully saturated rings. The second kappa shape index (κ2) is 4.53. The van der Waals surface area contributed by atoms with Crippen molar-refractivity contribution < 1.29 is 14.6 Å². The summed E-state index contributed by atoms with van der Waals surface area (Å²) in [5, 5.41) is 18.6. The van der Waals surface area contributed by atoms with E-state index in [4.69, 9.17) is 5.11 Å². The molecule has 1 atom stereocenters. The van der Waals surface area contributed by atoms with Gasteiger partial charge in [-0.3, -0.25) is 0 Å². The lowest BCUT2D eigenvalue weighted by Crippen LogP contribution is -2.23. The molecule has 0 radical (unpaired) electrons. The van der Waals surface area contributed by atoms with Crippen LogP contribution in [0.2, 0.25) is 0 Å². The van der Waals surface area contributed by atoms with Crippen molar-refractivity contribution in [2.24, 2.45) is 0 Å². The van der Waals surface area contributed by atoms with E-state index in [2.05, 4.69) is 0 Å². The molecule has 0 saturated heterocycles. The molecule has 0 saturated carbocycles. The van der Waals surface area contributed by atoms with Crippen LogP contribution in [-0.2, 0) is 5.60 Å². The molecule has 0 bridgehead atoms. The maximum atomic E-state index is 13.3. The Balaban J connectivity index is 2.86. The smallest absolute Gasteiger partial charge is 0.129 e. The highest BCUT2D eigenvalue weighted by Crippen LogP contribution is 2.27. The van der Waals surface area contributed by atoms with Crippen LogP contribution >= 0.6 is 0 Å². The van der Waals surface area contributed by atoms with E-state index in [1.165, 1.54) is 6.07 Å². The fraction of sp³-hybridized carbons (Fsp3) is 0.455.